The molecule has 1 fully saturated rings. The van der Waals surface area contributed by atoms with Crippen LogP contribution < -0.4 is 4.74 Å². The number of aliphatic hydroxyl groups excluding tert-OH is 1. The van der Waals surface area contributed by atoms with Crippen LogP contribution in [-0.2, 0) is 4.79 Å². The van der Waals surface area contributed by atoms with E-state index >= 15 is 0 Å². The lowest BCUT2D eigenvalue weighted by molar-refractivity contribution is -0.136. The van der Waals surface area contributed by atoms with Crippen LogP contribution in [0.4, 0.5) is 0 Å². The van der Waals surface area contributed by atoms with Crippen molar-refractivity contribution in [3.63, 3.8) is 0 Å². The van der Waals surface area contributed by atoms with E-state index in [0.29, 0.717) is 5.75 Å². The van der Waals surface area contributed by atoms with Crippen molar-refractivity contribution in [2.75, 3.05) is 13.1 Å². The molecule has 1 amide bonds. The minimum atomic E-state index is -0.534. The van der Waals surface area contributed by atoms with Gasteiger partial charge in [-0.2, -0.15) is 0 Å². The molecule has 0 bridgehead atoms. The largest absolute Gasteiger partial charge is 0.481 e. The van der Waals surface area contributed by atoms with Gasteiger partial charge in [-0.05, 0) is 44.4 Å². The minimum absolute atomic E-state index is 0.0416. The topological polar surface area (TPSA) is 49.8 Å². The Balaban J connectivity index is 1.99. The van der Waals surface area contributed by atoms with E-state index in [1.807, 2.05) is 17.0 Å². The van der Waals surface area contributed by atoms with Gasteiger partial charge in [0, 0.05) is 13.1 Å². The summed E-state index contributed by atoms with van der Waals surface area (Å²) in [7, 11) is 0. The number of amides is 1. The highest BCUT2D eigenvalue weighted by Gasteiger charge is 2.24. The number of benzene rings is 1. The van der Waals surface area contributed by atoms with Crippen molar-refractivity contribution < 1.29 is 14.6 Å². The standard InChI is InChI=1S/C15H21NO3/c1-11(17)13-6-5-7-14(10-13)19-12(2)15(18)16-8-3-4-9-16/h5-7,10-12,17H,3-4,8-9H2,1-2H3. The number of carbonyl (C=O) groups excluding carboxylic acids is 1. The van der Waals surface area contributed by atoms with Crippen LogP contribution in [-0.4, -0.2) is 35.1 Å². The zero-order valence-corrected chi connectivity index (χ0v) is 11.5. The zero-order valence-electron chi connectivity index (χ0n) is 11.5. The summed E-state index contributed by atoms with van der Waals surface area (Å²) in [6.07, 6.45) is 1.14. The molecule has 0 aromatic heterocycles. The smallest absolute Gasteiger partial charge is 0.263 e. The van der Waals surface area contributed by atoms with Crippen LogP contribution in [0, 0.1) is 0 Å². The molecule has 1 aliphatic heterocycles. The molecule has 2 rings (SSSR count). The number of hydrogen-bond donors (Lipinski definition) is 1. The predicted molar refractivity (Wildman–Crippen MR) is 73.0 cm³/mol. The van der Waals surface area contributed by atoms with Gasteiger partial charge < -0.3 is 14.7 Å². The van der Waals surface area contributed by atoms with E-state index in [4.69, 9.17) is 4.74 Å². The zero-order chi connectivity index (χ0) is 13.8. The molecular weight excluding hydrogens is 242 g/mol. The Bertz CT molecular complexity index is 439. The normalized spacial score (nSPS) is 18.2. The van der Waals surface area contributed by atoms with Gasteiger partial charge in [-0.3, -0.25) is 4.79 Å². The van der Waals surface area contributed by atoms with Crippen LogP contribution in [0.15, 0.2) is 24.3 Å². The molecule has 104 valence electrons. The molecule has 1 N–H and O–H groups in total. The summed E-state index contributed by atoms with van der Waals surface area (Å²) in [6.45, 7) is 5.15. The lowest BCUT2D eigenvalue weighted by Crippen LogP contribution is -2.38. The first-order valence-corrected chi connectivity index (χ1v) is 6.81. The van der Waals surface area contributed by atoms with Gasteiger partial charge in [0.15, 0.2) is 6.10 Å². The molecule has 0 spiro atoms. The van der Waals surface area contributed by atoms with Gasteiger partial charge >= 0.3 is 0 Å². The second-order valence-electron chi connectivity index (χ2n) is 5.04. The van der Waals surface area contributed by atoms with Crippen molar-refractivity contribution in [2.45, 2.75) is 38.9 Å². The van der Waals surface area contributed by atoms with Gasteiger partial charge in [0.2, 0.25) is 0 Å². The maximum absolute atomic E-state index is 12.1. The van der Waals surface area contributed by atoms with Crippen molar-refractivity contribution in [3.05, 3.63) is 29.8 Å². The van der Waals surface area contributed by atoms with Gasteiger partial charge in [-0.1, -0.05) is 12.1 Å². The monoisotopic (exact) mass is 263 g/mol. The molecule has 1 aliphatic rings. The molecule has 0 aliphatic carbocycles. The molecule has 0 saturated carbocycles. The molecule has 19 heavy (non-hydrogen) atoms. The van der Waals surface area contributed by atoms with Crippen LogP contribution in [0.5, 0.6) is 5.75 Å². The quantitative estimate of drug-likeness (QED) is 0.905. The summed E-state index contributed by atoms with van der Waals surface area (Å²) in [5, 5.41) is 9.53. The third kappa shape index (κ3) is 3.47. The van der Waals surface area contributed by atoms with Crippen LogP contribution in [0.3, 0.4) is 0 Å². The van der Waals surface area contributed by atoms with Crippen molar-refractivity contribution in [1.29, 1.82) is 0 Å². The Morgan fingerprint density at radius 2 is 2.00 bits per heavy atom. The lowest BCUT2D eigenvalue weighted by Gasteiger charge is -2.21. The molecule has 2 atom stereocenters. The lowest BCUT2D eigenvalue weighted by atomic mass is 10.1. The average Bonchev–Trinajstić information content (AvgIpc) is 2.92. The van der Waals surface area contributed by atoms with E-state index in [2.05, 4.69) is 0 Å². The fraction of sp³-hybridized carbons (Fsp3) is 0.533. The number of aliphatic hydroxyl groups is 1. The van der Waals surface area contributed by atoms with Crippen molar-refractivity contribution >= 4 is 5.91 Å². The third-order valence-electron chi connectivity index (χ3n) is 3.42. The minimum Gasteiger partial charge on any atom is -0.481 e. The van der Waals surface area contributed by atoms with Crippen LogP contribution in [0.1, 0.15) is 38.4 Å². The van der Waals surface area contributed by atoms with Crippen LogP contribution >= 0.6 is 0 Å². The summed E-state index contributed by atoms with van der Waals surface area (Å²) in [4.78, 5) is 14.0. The summed E-state index contributed by atoms with van der Waals surface area (Å²) in [5.41, 5.74) is 0.790. The van der Waals surface area contributed by atoms with Crippen LogP contribution in [0.2, 0.25) is 0 Å². The number of likely N-dealkylation sites (tertiary alicyclic amines) is 1. The van der Waals surface area contributed by atoms with E-state index in [1.165, 1.54) is 0 Å². The van der Waals surface area contributed by atoms with E-state index in [-0.39, 0.29) is 5.91 Å². The Morgan fingerprint density at radius 1 is 1.32 bits per heavy atom. The predicted octanol–water partition coefficient (Wildman–Crippen LogP) is 2.13. The summed E-state index contributed by atoms with van der Waals surface area (Å²) < 4.78 is 5.68. The number of ether oxygens (including phenoxy) is 1. The van der Waals surface area contributed by atoms with Crippen molar-refractivity contribution in [2.24, 2.45) is 0 Å². The molecule has 4 nitrogen and oxygen atoms in total. The number of nitrogens with zero attached hydrogens (tertiary/aromatic N) is 1. The maximum Gasteiger partial charge on any atom is 0.263 e. The van der Waals surface area contributed by atoms with Crippen molar-refractivity contribution in [3.8, 4) is 5.75 Å². The van der Waals surface area contributed by atoms with Crippen molar-refractivity contribution in [1.82, 2.24) is 4.90 Å². The van der Waals surface area contributed by atoms with Gasteiger partial charge in [0.05, 0.1) is 6.10 Å². The van der Waals surface area contributed by atoms with Gasteiger partial charge in [0.25, 0.3) is 5.91 Å². The fourth-order valence-corrected chi connectivity index (χ4v) is 2.30. The Hall–Kier alpha value is -1.55. The Labute approximate surface area is 114 Å². The highest BCUT2D eigenvalue weighted by atomic mass is 16.5. The first-order chi connectivity index (χ1) is 9.08. The second-order valence-corrected chi connectivity index (χ2v) is 5.04. The molecule has 0 radical (unpaired) electrons. The maximum atomic E-state index is 12.1. The molecule has 1 aromatic rings. The second kappa shape index (κ2) is 6.06. The third-order valence-corrected chi connectivity index (χ3v) is 3.42. The first-order valence-electron chi connectivity index (χ1n) is 6.81. The highest BCUT2D eigenvalue weighted by molar-refractivity contribution is 5.81. The summed E-state index contributed by atoms with van der Waals surface area (Å²) >= 11 is 0. The summed E-state index contributed by atoms with van der Waals surface area (Å²) in [6, 6.07) is 7.24. The number of hydrogen-bond acceptors (Lipinski definition) is 3. The van der Waals surface area contributed by atoms with E-state index in [1.54, 1.807) is 26.0 Å². The average molecular weight is 263 g/mol. The molecule has 2 unspecified atom stereocenters. The molecule has 1 saturated heterocycles. The fourth-order valence-electron chi connectivity index (χ4n) is 2.30. The Morgan fingerprint density at radius 3 is 2.63 bits per heavy atom. The van der Waals surface area contributed by atoms with E-state index in [9.17, 15) is 9.90 Å². The summed E-state index contributed by atoms with van der Waals surface area (Å²) in [5.74, 6) is 0.665. The molecule has 1 heterocycles. The van der Waals surface area contributed by atoms with Crippen LogP contribution in [0.25, 0.3) is 0 Å². The van der Waals surface area contributed by atoms with E-state index < -0.39 is 12.2 Å². The number of rotatable bonds is 4. The SMILES string of the molecule is CC(Oc1cccc(C(C)O)c1)C(=O)N1CCCC1. The molecule has 1 aromatic carbocycles. The van der Waals surface area contributed by atoms with Gasteiger partial charge in [0.1, 0.15) is 5.75 Å². The van der Waals surface area contributed by atoms with Gasteiger partial charge in [-0.15, -0.1) is 0 Å². The highest BCUT2D eigenvalue weighted by Crippen LogP contribution is 2.20. The molecular formula is C15H21NO3. The Kier molecular flexibility index (Phi) is 4.43. The van der Waals surface area contributed by atoms with E-state index in [0.717, 1.165) is 31.5 Å². The van der Waals surface area contributed by atoms with Gasteiger partial charge in [-0.25, -0.2) is 0 Å². The molecule has 4 heteroatoms. The first kappa shape index (κ1) is 13.9. The number of carbonyl (C=O) groups is 1.